The van der Waals surface area contributed by atoms with Gasteiger partial charge in [-0.3, -0.25) is 4.98 Å². The van der Waals surface area contributed by atoms with Gasteiger partial charge in [-0.1, -0.05) is 0 Å². The van der Waals surface area contributed by atoms with Crippen molar-refractivity contribution >= 4 is 5.97 Å². The molecule has 0 bridgehead atoms. The monoisotopic (exact) mass is 167 g/mol. The number of ether oxygens (including phenoxy) is 1. The van der Waals surface area contributed by atoms with Gasteiger partial charge >= 0.3 is 5.97 Å². The average Bonchev–Trinajstić information content (AvgIpc) is 2.05. The van der Waals surface area contributed by atoms with E-state index in [-0.39, 0.29) is 5.56 Å². The van der Waals surface area contributed by atoms with Crippen molar-refractivity contribution in [2.75, 3.05) is 6.61 Å². The van der Waals surface area contributed by atoms with Crippen LogP contribution in [0.3, 0.4) is 0 Å². The Bertz CT molecular complexity index is 285. The highest BCUT2D eigenvalue weighted by Gasteiger charge is 2.09. The number of carboxylic acid groups (broad SMARTS) is 1. The highest BCUT2D eigenvalue weighted by molar-refractivity contribution is 5.90. The molecule has 1 heterocycles. The second-order valence-corrected chi connectivity index (χ2v) is 2.11. The SMILES string of the molecule is CCOc1cnccc1C(=O)O. The molecule has 0 amide bonds. The van der Waals surface area contributed by atoms with Crippen LogP contribution in [0.15, 0.2) is 18.5 Å². The van der Waals surface area contributed by atoms with E-state index in [2.05, 4.69) is 4.98 Å². The quantitative estimate of drug-likeness (QED) is 0.734. The summed E-state index contributed by atoms with van der Waals surface area (Å²) in [4.78, 5) is 14.3. The molecular weight excluding hydrogens is 158 g/mol. The van der Waals surface area contributed by atoms with Gasteiger partial charge < -0.3 is 9.84 Å². The Morgan fingerprint density at radius 1 is 1.75 bits per heavy atom. The Hall–Kier alpha value is -1.58. The molecule has 0 saturated carbocycles. The minimum Gasteiger partial charge on any atom is -0.491 e. The lowest BCUT2D eigenvalue weighted by molar-refractivity contribution is 0.0692. The third kappa shape index (κ3) is 1.72. The lowest BCUT2D eigenvalue weighted by atomic mass is 10.2. The first-order valence-corrected chi connectivity index (χ1v) is 3.55. The highest BCUT2D eigenvalue weighted by Crippen LogP contribution is 2.15. The third-order valence-corrected chi connectivity index (χ3v) is 1.31. The first-order chi connectivity index (χ1) is 5.75. The molecule has 0 radical (unpaired) electrons. The van der Waals surface area contributed by atoms with Crippen molar-refractivity contribution in [1.82, 2.24) is 4.98 Å². The van der Waals surface area contributed by atoms with Crippen LogP contribution in [0.1, 0.15) is 17.3 Å². The lowest BCUT2D eigenvalue weighted by Crippen LogP contribution is -2.02. The molecule has 0 atom stereocenters. The molecule has 0 aromatic carbocycles. The van der Waals surface area contributed by atoms with Crippen LogP contribution < -0.4 is 4.74 Å². The van der Waals surface area contributed by atoms with Crippen LogP contribution in [-0.4, -0.2) is 22.7 Å². The summed E-state index contributed by atoms with van der Waals surface area (Å²) < 4.78 is 5.05. The zero-order chi connectivity index (χ0) is 8.97. The number of aromatic nitrogens is 1. The van der Waals surface area contributed by atoms with Crippen molar-refractivity contribution in [3.63, 3.8) is 0 Å². The van der Waals surface area contributed by atoms with Gasteiger partial charge in [0.2, 0.25) is 0 Å². The van der Waals surface area contributed by atoms with Crippen LogP contribution in [0.25, 0.3) is 0 Å². The number of hydrogen-bond acceptors (Lipinski definition) is 3. The predicted molar refractivity (Wildman–Crippen MR) is 42.4 cm³/mol. The van der Waals surface area contributed by atoms with Crippen molar-refractivity contribution in [1.29, 1.82) is 0 Å². The Labute approximate surface area is 69.8 Å². The molecule has 64 valence electrons. The molecule has 1 aromatic heterocycles. The molecule has 1 rings (SSSR count). The van der Waals surface area contributed by atoms with Gasteiger partial charge in [-0.15, -0.1) is 0 Å². The largest absolute Gasteiger partial charge is 0.491 e. The fourth-order valence-corrected chi connectivity index (χ4v) is 0.827. The van der Waals surface area contributed by atoms with Gasteiger partial charge in [0.1, 0.15) is 5.56 Å². The lowest BCUT2D eigenvalue weighted by Gasteiger charge is -2.04. The van der Waals surface area contributed by atoms with E-state index in [0.29, 0.717) is 12.4 Å². The van der Waals surface area contributed by atoms with E-state index in [1.54, 1.807) is 6.92 Å². The molecule has 12 heavy (non-hydrogen) atoms. The van der Waals surface area contributed by atoms with Crippen molar-refractivity contribution in [2.45, 2.75) is 6.92 Å². The van der Waals surface area contributed by atoms with Crippen molar-refractivity contribution < 1.29 is 14.6 Å². The summed E-state index contributed by atoms with van der Waals surface area (Å²) in [5.74, 6) is -0.687. The molecular formula is C8H9NO3. The molecule has 0 aliphatic heterocycles. The van der Waals surface area contributed by atoms with E-state index in [1.807, 2.05) is 0 Å². The molecule has 4 heteroatoms. The second-order valence-electron chi connectivity index (χ2n) is 2.11. The van der Waals surface area contributed by atoms with E-state index in [9.17, 15) is 4.79 Å². The van der Waals surface area contributed by atoms with Gasteiger partial charge in [-0.05, 0) is 13.0 Å². The molecule has 0 aliphatic rings. The van der Waals surface area contributed by atoms with Gasteiger partial charge in [0, 0.05) is 6.20 Å². The number of aromatic carboxylic acids is 1. The van der Waals surface area contributed by atoms with Crippen LogP contribution in [0, 0.1) is 0 Å². The maximum absolute atomic E-state index is 10.6. The van der Waals surface area contributed by atoms with Gasteiger partial charge in [0.25, 0.3) is 0 Å². The third-order valence-electron chi connectivity index (χ3n) is 1.31. The van der Waals surface area contributed by atoms with Gasteiger partial charge in [-0.2, -0.15) is 0 Å². The summed E-state index contributed by atoms with van der Waals surface area (Å²) in [6, 6.07) is 1.41. The maximum Gasteiger partial charge on any atom is 0.339 e. The van der Waals surface area contributed by atoms with Crippen LogP contribution in [-0.2, 0) is 0 Å². The zero-order valence-corrected chi connectivity index (χ0v) is 6.65. The Balaban J connectivity index is 3.00. The van der Waals surface area contributed by atoms with E-state index >= 15 is 0 Å². The number of pyridine rings is 1. The topological polar surface area (TPSA) is 59.4 Å². The molecule has 1 N–H and O–H groups in total. The number of nitrogens with zero attached hydrogens (tertiary/aromatic N) is 1. The molecule has 0 aliphatic carbocycles. The first kappa shape index (κ1) is 8.52. The zero-order valence-electron chi connectivity index (χ0n) is 6.65. The Morgan fingerprint density at radius 3 is 3.08 bits per heavy atom. The second kappa shape index (κ2) is 3.71. The van der Waals surface area contributed by atoms with Crippen LogP contribution in [0.4, 0.5) is 0 Å². The summed E-state index contributed by atoms with van der Waals surface area (Å²) in [7, 11) is 0. The van der Waals surface area contributed by atoms with E-state index < -0.39 is 5.97 Å². The van der Waals surface area contributed by atoms with E-state index in [0.717, 1.165) is 0 Å². The molecule has 4 nitrogen and oxygen atoms in total. The minimum absolute atomic E-state index is 0.145. The summed E-state index contributed by atoms with van der Waals surface area (Å²) in [6.07, 6.45) is 2.82. The van der Waals surface area contributed by atoms with Gasteiger partial charge in [0.05, 0.1) is 12.8 Å². The Morgan fingerprint density at radius 2 is 2.50 bits per heavy atom. The molecule has 0 fully saturated rings. The maximum atomic E-state index is 10.6. The summed E-state index contributed by atoms with van der Waals surface area (Å²) in [5, 5.41) is 8.68. The van der Waals surface area contributed by atoms with Gasteiger partial charge in [-0.25, -0.2) is 4.79 Å². The predicted octanol–water partition coefficient (Wildman–Crippen LogP) is 1.18. The van der Waals surface area contributed by atoms with Crippen molar-refractivity contribution in [3.05, 3.63) is 24.0 Å². The highest BCUT2D eigenvalue weighted by atomic mass is 16.5. The number of carboxylic acids is 1. The van der Waals surface area contributed by atoms with Crippen LogP contribution in [0.5, 0.6) is 5.75 Å². The van der Waals surface area contributed by atoms with E-state index in [1.165, 1.54) is 18.5 Å². The first-order valence-electron chi connectivity index (χ1n) is 3.55. The summed E-state index contributed by atoms with van der Waals surface area (Å²) in [6.45, 7) is 2.23. The standard InChI is InChI=1S/C8H9NO3/c1-2-12-7-5-9-4-3-6(7)8(10)11/h3-5H,2H2,1H3,(H,10,11). The Kier molecular flexibility index (Phi) is 2.63. The number of hydrogen-bond donors (Lipinski definition) is 1. The smallest absolute Gasteiger partial charge is 0.339 e. The van der Waals surface area contributed by atoms with Crippen LogP contribution >= 0.6 is 0 Å². The van der Waals surface area contributed by atoms with Crippen LogP contribution in [0.2, 0.25) is 0 Å². The van der Waals surface area contributed by atoms with Crippen molar-refractivity contribution in [3.8, 4) is 5.75 Å². The van der Waals surface area contributed by atoms with Gasteiger partial charge in [0.15, 0.2) is 5.75 Å². The van der Waals surface area contributed by atoms with E-state index in [4.69, 9.17) is 9.84 Å². The fraction of sp³-hybridized carbons (Fsp3) is 0.250. The number of carbonyl (C=O) groups is 1. The number of rotatable bonds is 3. The molecule has 0 unspecified atom stereocenters. The van der Waals surface area contributed by atoms with Crippen molar-refractivity contribution in [2.24, 2.45) is 0 Å². The molecule has 0 saturated heterocycles. The molecule has 0 spiro atoms. The summed E-state index contributed by atoms with van der Waals surface area (Å²) >= 11 is 0. The normalized spacial score (nSPS) is 9.42. The minimum atomic E-state index is -0.999. The average molecular weight is 167 g/mol. The molecule has 1 aromatic rings. The summed E-state index contributed by atoms with van der Waals surface area (Å²) in [5.41, 5.74) is 0.145. The fourth-order valence-electron chi connectivity index (χ4n) is 0.827.